The molecule has 2 aromatic rings. The van der Waals surface area contributed by atoms with Crippen molar-refractivity contribution in [3.63, 3.8) is 0 Å². The van der Waals surface area contributed by atoms with Gasteiger partial charge in [0.2, 0.25) is 5.91 Å². The van der Waals surface area contributed by atoms with Crippen molar-refractivity contribution >= 4 is 17.8 Å². The Bertz CT molecular complexity index is 828. The Labute approximate surface area is 162 Å². The minimum Gasteiger partial charge on any atom is -0.508 e. The number of esters is 1. The first-order valence-corrected chi connectivity index (χ1v) is 8.64. The Balaban J connectivity index is 1.68. The van der Waals surface area contributed by atoms with Crippen LogP contribution < -0.4 is 10.6 Å². The van der Waals surface area contributed by atoms with Crippen molar-refractivity contribution in [1.82, 2.24) is 10.6 Å². The molecule has 0 unspecified atom stereocenters. The van der Waals surface area contributed by atoms with Crippen LogP contribution in [0.25, 0.3) is 0 Å². The Morgan fingerprint density at radius 1 is 0.929 bits per heavy atom. The van der Waals surface area contributed by atoms with Crippen LogP contribution in [0.5, 0.6) is 11.5 Å². The number of carbonyl (C=O) groups is 3. The number of benzene rings is 2. The lowest BCUT2D eigenvalue weighted by Crippen LogP contribution is -2.27. The van der Waals surface area contributed by atoms with Gasteiger partial charge in [-0.2, -0.15) is 0 Å². The number of nitrogens with one attached hydrogen (secondary N) is 2. The maximum atomic E-state index is 11.9. The van der Waals surface area contributed by atoms with Crippen LogP contribution in [-0.2, 0) is 16.1 Å². The van der Waals surface area contributed by atoms with Gasteiger partial charge in [0.25, 0.3) is 5.91 Å². The molecule has 148 valence electrons. The smallest absolute Gasteiger partial charge is 0.337 e. The lowest BCUT2D eigenvalue weighted by Gasteiger charge is -2.08. The quantitative estimate of drug-likeness (QED) is 0.404. The third kappa shape index (κ3) is 6.31. The maximum absolute atomic E-state index is 11.9. The van der Waals surface area contributed by atoms with Crippen LogP contribution in [0.3, 0.4) is 0 Å². The van der Waals surface area contributed by atoms with Crippen LogP contribution in [0.2, 0.25) is 0 Å². The van der Waals surface area contributed by atoms with Crippen molar-refractivity contribution in [1.29, 1.82) is 0 Å². The Kier molecular flexibility index (Phi) is 7.38. The molecule has 4 N–H and O–H groups in total. The molecule has 0 atom stereocenters. The van der Waals surface area contributed by atoms with Crippen molar-refractivity contribution in [3.8, 4) is 11.5 Å². The van der Waals surface area contributed by atoms with Crippen molar-refractivity contribution in [2.45, 2.75) is 19.4 Å². The summed E-state index contributed by atoms with van der Waals surface area (Å²) in [7, 11) is 1.31. The van der Waals surface area contributed by atoms with Gasteiger partial charge in [0, 0.05) is 31.1 Å². The lowest BCUT2D eigenvalue weighted by atomic mass is 10.1. The summed E-state index contributed by atoms with van der Waals surface area (Å²) in [5, 5.41) is 24.1. The first-order valence-electron chi connectivity index (χ1n) is 8.64. The van der Waals surface area contributed by atoms with Gasteiger partial charge in [-0.25, -0.2) is 4.79 Å². The zero-order chi connectivity index (χ0) is 20.5. The average Bonchev–Trinajstić information content (AvgIpc) is 2.68. The molecule has 2 aromatic carbocycles. The van der Waals surface area contributed by atoms with Gasteiger partial charge in [0.1, 0.15) is 11.5 Å². The highest BCUT2D eigenvalue weighted by Crippen LogP contribution is 2.20. The molecule has 0 heterocycles. The highest BCUT2D eigenvalue weighted by molar-refractivity contribution is 5.95. The van der Waals surface area contributed by atoms with Gasteiger partial charge in [-0.15, -0.1) is 0 Å². The summed E-state index contributed by atoms with van der Waals surface area (Å²) in [5.74, 6) is -1.44. The van der Waals surface area contributed by atoms with Crippen LogP contribution in [0.15, 0.2) is 42.5 Å². The third-order valence-corrected chi connectivity index (χ3v) is 3.90. The fourth-order valence-electron chi connectivity index (χ4n) is 2.44. The Hall–Kier alpha value is -3.55. The average molecular weight is 386 g/mol. The van der Waals surface area contributed by atoms with Crippen molar-refractivity contribution in [3.05, 3.63) is 59.2 Å². The van der Waals surface area contributed by atoms with E-state index >= 15 is 0 Å². The molecule has 0 aliphatic heterocycles. The molecule has 0 radical (unpaired) electrons. The second-order valence-corrected chi connectivity index (χ2v) is 6.06. The summed E-state index contributed by atoms with van der Waals surface area (Å²) >= 11 is 0. The van der Waals surface area contributed by atoms with Gasteiger partial charge in [-0.1, -0.05) is 12.1 Å². The minimum atomic E-state index is -0.447. The fourth-order valence-corrected chi connectivity index (χ4v) is 2.44. The summed E-state index contributed by atoms with van der Waals surface area (Å²) in [6, 6.07) is 10.3. The van der Waals surface area contributed by atoms with Crippen LogP contribution >= 0.6 is 0 Å². The minimum absolute atomic E-state index is 0.136. The molecule has 0 bridgehead atoms. The van der Waals surface area contributed by atoms with Crippen LogP contribution in [0.1, 0.15) is 39.1 Å². The van der Waals surface area contributed by atoms with E-state index in [0.717, 1.165) is 11.6 Å². The maximum Gasteiger partial charge on any atom is 0.337 e. The normalized spacial score (nSPS) is 10.2. The number of hydrogen-bond donors (Lipinski definition) is 4. The van der Waals surface area contributed by atoms with Crippen molar-refractivity contribution in [2.24, 2.45) is 0 Å². The molecule has 0 aromatic heterocycles. The molecule has 0 fully saturated rings. The van der Waals surface area contributed by atoms with Crippen LogP contribution in [0.4, 0.5) is 0 Å². The fraction of sp³-hybridized carbons (Fsp3) is 0.250. The third-order valence-electron chi connectivity index (χ3n) is 3.90. The monoisotopic (exact) mass is 386 g/mol. The molecule has 28 heavy (non-hydrogen) atoms. The number of hydrogen-bond acceptors (Lipinski definition) is 6. The summed E-state index contributed by atoms with van der Waals surface area (Å²) in [5.41, 5.74) is 1.42. The second-order valence-electron chi connectivity index (χ2n) is 6.06. The van der Waals surface area contributed by atoms with Gasteiger partial charge >= 0.3 is 5.97 Å². The summed E-state index contributed by atoms with van der Waals surface area (Å²) in [6.07, 6.45) is 0.662. The molecule has 8 heteroatoms. The highest BCUT2D eigenvalue weighted by atomic mass is 16.5. The van der Waals surface area contributed by atoms with Crippen LogP contribution in [-0.4, -0.2) is 41.7 Å². The predicted molar refractivity (Wildman–Crippen MR) is 101 cm³/mol. The Morgan fingerprint density at radius 2 is 1.57 bits per heavy atom. The van der Waals surface area contributed by atoms with E-state index in [-0.39, 0.29) is 35.9 Å². The molecule has 0 aliphatic carbocycles. The number of aromatic hydroxyl groups is 2. The molecule has 0 aliphatic rings. The van der Waals surface area contributed by atoms with E-state index in [1.54, 1.807) is 24.3 Å². The van der Waals surface area contributed by atoms with Gasteiger partial charge in [-0.05, 0) is 36.2 Å². The molecular weight excluding hydrogens is 364 g/mol. The molecule has 2 rings (SSSR count). The molecule has 0 saturated carbocycles. The first kappa shape index (κ1) is 20.8. The molecular formula is C20H22N2O6. The summed E-state index contributed by atoms with van der Waals surface area (Å²) < 4.78 is 4.62. The van der Waals surface area contributed by atoms with E-state index in [4.69, 9.17) is 0 Å². The molecule has 0 saturated heterocycles. The number of carbonyl (C=O) groups excluding carboxylic acids is 3. The van der Waals surface area contributed by atoms with Gasteiger partial charge < -0.3 is 25.6 Å². The standard InChI is InChI=1S/C20H22N2O6/c1-28-20(27)14-6-4-13(5-7-14)12-22-18(25)3-2-8-21-19(26)15-9-16(23)11-17(24)10-15/h4-7,9-11,23-24H,2-3,8,12H2,1H3,(H,21,26)(H,22,25). The highest BCUT2D eigenvalue weighted by Gasteiger charge is 2.09. The number of rotatable bonds is 8. The molecule has 8 nitrogen and oxygen atoms in total. The number of phenolic OH excluding ortho intramolecular Hbond substituents is 2. The number of amides is 2. The van der Waals surface area contributed by atoms with Gasteiger partial charge in [-0.3, -0.25) is 9.59 Å². The summed E-state index contributed by atoms with van der Waals surface area (Å²) in [4.78, 5) is 35.2. The topological polar surface area (TPSA) is 125 Å². The number of phenols is 2. The van der Waals surface area contributed by atoms with E-state index in [9.17, 15) is 24.6 Å². The molecule has 2 amide bonds. The zero-order valence-electron chi connectivity index (χ0n) is 15.4. The summed E-state index contributed by atoms with van der Waals surface area (Å²) in [6.45, 7) is 0.603. The first-order chi connectivity index (χ1) is 13.4. The zero-order valence-corrected chi connectivity index (χ0v) is 15.4. The lowest BCUT2D eigenvalue weighted by molar-refractivity contribution is -0.121. The number of methoxy groups -OCH3 is 1. The van der Waals surface area contributed by atoms with Crippen molar-refractivity contribution in [2.75, 3.05) is 13.7 Å². The van der Waals surface area contributed by atoms with Gasteiger partial charge in [0.05, 0.1) is 12.7 Å². The van der Waals surface area contributed by atoms with E-state index in [1.165, 1.54) is 19.2 Å². The predicted octanol–water partition coefficient (Wildman–Crippen LogP) is 1.71. The van der Waals surface area contributed by atoms with E-state index in [2.05, 4.69) is 15.4 Å². The Morgan fingerprint density at radius 3 is 2.18 bits per heavy atom. The second kappa shape index (κ2) is 9.96. The van der Waals surface area contributed by atoms with Crippen molar-refractivity contribution < 1.29 is 29.3 Å². The number of ether oxygens (including phenoxy) is 1. The van der Waals surface area contributed by atoms with E-state index < -0.39 is 11.9 Å². The van der Waals surface area contributed by atoms with E-state index in [1.807, 2.05) is 0 Å². The van der Waals surface area contributed by atoms with Gasteiger partial charge in [0.15, 0.2) is 0 Å². The molecule has 0 spiro atoms. The SMILES string of the molecule is COC(=O)c1ccc(CNC(=O)CCCNC(=O)c2cc(O)cc(O)c2)cc1. The largest absolute Gasteiger partial charge is 0.508 e. The van der Waals surface area contributed by atoms with E-state index in [0.29, 0.717) is 18.5 Å². The van der Waals surface area contributed by atoms with Crippen LogP contribution in [0, 0.1) is 0 Å².